The first-order valence-electron chi connectivity index (χ1n) is 6.16. The monoisotopic (exact) mass is 330 g/mol. The molecule has 0 spiro atoms. The maximum absolute atomic E-state index is 11.6. The molecule has 9 nitrogen and oxygen atoms in total. The Morgan fingerprint density at radius 1 is 1.45 bits per heavy atom. The second-order valence-electron chi connectivity index (χ2n) is 3.80. The number of carbonyl (C=O) groups is 3. The third-order valence-electron chi connectivity index (χ3n) is 2.19. The van der Waals surface area contributed by atoms with Gasteiger partial charge in [-0.05, 0) is 6.92 Å². The summed E-state index contributed by atoms with van der Waals surface area (Å²) in [7, 11) is 1.24. The lowest BCUT2D eigenvalue weighted by Gasteiger charge is -2.02. The van der Waals surface area contributed by atoms with Crippen molar-refractivity contribution in [2.45, 2.75) is 13.5 Å². The van der Waals surface area contributed by atoms with Crippen molar-refractivity contribution < 1.29 is 23.9 Å². The van der Waals surface area contributed by atoms with E-state index in [4.69, 9.17) is 16.3 Å². The number of halogens is 1. The molecule has 0 saturated carbocycles. The molecule has 0 atom stereocenters. The van der Waals surface area contributed by atoms with Crippen LogP contribution in [0.15, 0.2) is 18.5 Å². The zero-order valence-corrected chi connectivity index (χ0v) is 12.7. The van der Waals surface area contributed by atoms with Gasteiger partial charge in [0.05, 0.1) is 20.0 Å². The molecule has 1 rings (SSSR count). The second-order valence-corrected chi connectivity index (χ2v) is 4.21. The van der Waals surface area contributed by atoms with Crippen LogP contribution in [0.25, 0.3) is 0 Å². The smallest absolute Gasteiger partial charge is 0.327 e. The Kier molecular flexibility index (Phi) is 6.90. The van der Waals surface area contributed by atoms with Crippen LogP contribution < -0.4 is 10.6 Å². The quantitative estimate of drug-likeness (QED) is 0.455. The molecule has 0 fully saturated rings. The first-order valence-corrected chi connectivity index (χ1v) is 6.54. The highest BCUT2D eigenvalue weighted by molar-refractivity contribution is 6.33. The number of nitrogens with zero attached hydrogens (tertiary/aromatic N) is 2. The van der Waals surface area contributed by atoms with Crippen LogP contribution in [0.1, 0.15) is 6.92 Å². The molecule has 0 aliphatic rings. The van der Waals surface area contributed by atoms with Gasteiger partial charge in [-0.25, -0.2) is 4.79 Å². The zero-order chi connectivity index (χ0) is 16.5. The molecule has 120 valence electrons. The van der Waals surface area contributed by atoms with E-state index in [-0.39, 0.29) is 17.4 Å². The average Bonchev–Trinajstić information content (AvgIpc) is 2.78. The molecule has 0 aliphatic carbocycles. The highest BCUT2D eigenvalue weighted by atomic mass is 35.5. The van der Waals surface area contributed by atoms with Crippen molar-refractivity contribution in [2.24, 2.45) is 0 Å². The topological polar surface area (TPSA) is 112 Å². The minimum atomic E-state index is -0.823. The van der Waals surface area contributed by atoms with Gasteiger partial charge in [-0.2, -0.15) is 5.10 Å². The van der Waals surface area contributed by atoms with E-state index in [1.165, 1.54) is 24.3 Å². The van der Waals surface area contributed by atoms with Gasteiger partial charge in [0, 0.05) is 12.3 Å². The molecule has 2 N–H and O–H groups in total. The summed E-state index contributed by atoms with van der Waals surface area (Å²) >= 11 is 5.86. The number of carbonyl (C=O) groups excluding carboxylic acids is 3. The van der Waals surface area contributed by atoms with E-state index < -0.39 is 17.9 Å². The average molecular weight is 331 g/mol. The third kappa shape index (κ3) is 5.83. The summed E-state index contributed by atoms with van der Waals surface area (Å²) < 4.78 is 10.5. The van der Waals surface area contributed by atoms with E-state index in [2.05, 4.69) is 15.2 Å². The normalized spacial score (nSPS) is 10.3. The summed E-state index contributed by atoms with van der Waals surface area (Å²) in [6.07, 6.45) is 3.56. The van der Waals surface area contributed by atoms with Crippen molar-refractivity contribution in [1.82, 2.24) is 15.1 Å². The highest BCUT2D eigenvalue weighted by Gasteiger charge is 2.13. The fraction of sp³-hybridized carbons (Fsp3) is 0.333. The highest BCUT2D eigenvalue weighted by Crippen LogP contribution is 2.18. The summed E-state index contributed by atoms with van der Waals surface area (Å²) in [5, 5.41) is 8.29. The Balaban J connectivity index is 2.57. The summed E-state index contributed by atoms with van der Waals surface area (Å²) in [6.45, 7) is 2.00. The van der Waals surface area contributed by atoms with Crippen molar-refractivity contribution in [3.63, 3.8) is 0 Å². The van der Waals surface area contributed by atoms with Gasteiger partial charge in [-0.1, -0.05) is 11.6 Å². The van der Waals surface area contributed by atoms with Crippen LogP contribution in [0, 0.1) is 0 Å². The van der Waals surface area contributed by atoms with Crippen molar-refractivity contribution in [2.75, 3.05) is 19.0 Å². The summed E-state index contributed by atoms with van der Waals surface area (Å²) in [5.41, 5.74) is 0. The number of rotatable bonds is 6. The van der Waals surface area contributed by atoms with Crippen LogP contribution in [-0.2, 0) is 25.6 Å². The second kappa shape index (κ2) is 8.67. The number of esters is 1. The van der Waals surface area contributed by atoms with E-state index in [0.717, 1.165) is 6.08 Å². The minimum Gasteiger partial charge on any atom is -0.501 e. The van der Waals surface area contributed by atoms with Gasteiger partial charge in [0.25, 0.3) is 5.91 Å². The molecule has 10 heteroatoms. The van der Waals surface area contributed by atoms with Crippen LogP contribution in [-0.4, -0.2) is 41.4 Å². The van der Waals surface area contributed by atoms with Crippen LogP contribution in [0.2, 0.25) is 5.02 Å². The standard InChI is InChI=1S/C12H15ClN4O5/c1-3-22-5-4-9(18)14-12(20)15-11-8(13)6-17(16-11)7-10(19)21-2/h4-6H,3,7H2,1-2H3,(H2,14,15,16,18,20)/b5-4+. The van der Waals surface area contributed by atoms with Gasteiger partial charge in [0.15, 0.2) is 5.82 Å². The SMILES string of the molecule is CCO/C=C/C(=O)NC(=O)Nc1nn(CC(=O)OC)cc1Cl. The largest absolute Gasteiger partial charge is 0.501 e. The van der Waals surface area contributed by atoms with Gasteiger partial charge in [-0.3, -0.25) is 24.9 Å². The summed E-state index contributed by atoms with van der Waals surface area (Å²) in [6, 6.07) is -0.823. The Hall–Kier alpha value is -2.55. The van der Waals surface area contributed by atoms with Crippen LogP contribution >= 0.6 is 11.6 Å². The Bertz CT molecular complexity index is 584. The van der Waals surface area contributed by atoms with Crippen molar-refractivity contribution in [3.8, 4) is 0 Å². The van der Waals surface area contributed by atoms with Crippen molar-refractivity contribution in [1.29, 1.82) is 0 Å². The third-order valence-corrected chi connectivity index (χ3v) is 2.46. The number of nitrogens with one attached hydrogen (secondary N) is 2. The molecule has 0 bridgehead atoms. The van der Waals surface area contributed by atoms with E-state index in [1.807, 2.05) is 5.32 Å². The first-order chi connectivity index (χ1) is 10.5. The Labute approximate surface area is 131 Å². The zero-order valence-electron chi connectivity index (χ0n) is 12.0. The predicted octanol–water partition coefficient (Wildman–Crippen LogP) is 0.908. The number of urea groups is 1. The molecular weight excluding hydrogens is 316 g/mol. The molecule has 1 heterocycles. The number of ether oxygens (including phenoxy) is 2. The number of methoxy groups -OCH3 is 1. The van der Waals surface area contributed by atoms with Gasteiger partial charge < -0.3 is 9.47 Å². The van der Waals surface area contributed by atoms with E-state index >= 15 is 0 Å². The first kappa shape index (κ1) is 17.5. The molecule has 0 saturated heterocycles. The summed E-state index contributed by atoms with van der Waals surface area (Å²) in [5.74, 6) is -1.19. The van der Waals surface area contributed by atoms with Crippen LogP contribution in [0.3, 0.4) is 0 Å². The number of hydrogen-bond donors (Lipinski definition) is 2. The maximum Gasteiger partial charge on any atom is 0.327 e. The molecule has 22 heavy (non-hydrogen) atoms. The predicted molar refractivity (Wildman–Crippen MR) is 77.2 cm³/mol. The Morgan fingerprint density at radius 2 is 2.18 bits per heavy atom. The van der Waals surface area contributed by atoms with Gasteiger partial charge in [0.1, 0.15) is 11.6 Å². The van der Waals surface area contributed by atoms with Crippen LogP contribution in [0.5, 0.6) is 0 Å². The molecule has 1 aromatic rings. The molecule has 0 aromatic carbocycles. The van der Waals surface area contributed by atoms with Gasteiger partial charge in [0.2, 0.25) is 0 Å². The lowest BCUT2D eigenvalue weighted by atomic mass is 10.5. The van der Waals surface area contributed by atoms with Crippen molar-refractivity contribution >= 4 is 35.3 Å². The number of hydrogen-bond acceptors (Lipinski definition) is 6. The minimum absolute atomic E-state index is 0.00431. The molecule has 1 aromatic heterocycles. The van der Waals surface area contributed by atoms with E-state index in [9.17, 15) is 14.4 Å². The maximum atomic E-state index is 11.6. The van der Waals surface area contributed by atoms with Crippen LogP contribution in [0.4, 0.5) is 10.6 Å². The fourth-order valence-electron chi connectivity index (χ4n) is 1.26. The fourth-order valence-corrected chi connectivity index (χ4v) is 1.46. The lowest BCUT2D eigenvalue weighted by Crippen LogP contribution is -2.33. The van der Waals surface area contributed by atoms with E-state index in [0.29, 0.717) is 6.61 Å². The molecule has 0 unspecified atom stereocenters. The molecule has 0 aliphatic heterocycles. The van der Waals surface area contributed by atoms with E-state index in [1.54, 1.807) is 6.92 Å². The van der Waals surface area contributed by atoms with Crippen molar-refractivity contribution in [3.05, 3.63) is 23.6 Å². The number of anilines is 1. The number of imide groups is 1. The summed E-state index contributed by atoms with van der Waals surface area (Å²) in [4.78, 5) is 34.0. The number of aromatic nitrogens is 2. The lowest BCUT2D eigenvalue weighted by molar-refractivity contribution is -0.141. The van der Waals surface area contributed by atoms with Gasteiger partial charge in [-0.15, -0.1) is 0 Å². The molecule has 3 amide bonds. The van der Waals surface area contributed by atoms with Gasteiger partial charge >= 0.3 is 12.0 Å². The number of amides is 3. The Morgan fingerprint density at radius 3 is 2.82 bits per heavy atom. The molecule has 0 radical (unpaired) electrons. The molecular formula is C12H15ClN4O5.